The number of hydrogen-bond acceptors (Lipinski definition) is 5. The first-order chi connectivity index (χ1) is 11.7. The van der Waals surface area contributed by atoms with Gasteiger partial charge in [0.2, 0.25) is 0 Å². The molecule has 1 aromatic carbocycles. The zero-order chi connectivity index (χ0) is 16.9. The maximum atomic E-state index is 12.4. The SMILES string of the molecule is CCOc1cccc2c1OCC(C(=O)NC[C@H]1CN(C)CCO1)=C2. The van der Waals surface area contributed by atoms with Crippen molar-refractivity contribution in [3.05, 3.63) is 29.3 Å². The Bertz CT molecular complexity index is 629. The Kier molecular flexibility index (Phi) is 5.37. The Hall–Kier alpha value is -2.05. The summed E-state index contributed by atoms with van der Waals surface area (Å²) < 4.78 is 17.0. The molecule has 1 N–H and O–H groups in total. The molecular formula is C18H24N2O4. The van der Waals surface area contributed by atoms with E-state index in [0.29, 0.717) is 36.8 Å². The smallest absolute Gasteiger partial charge is 0.250 e. The molecule has 6 heteroatoms. The predicted molar refractivity (Wildman–Crippen MR) is 91.3 cm³/mol. The first-order valence-corrected chi connectivity index (χ1v) is 8.35. The summed E-state index contributed by atoms with van der Waals surface area (Å²) >= 11 is 0. The Morgan fingerprint density at radius 1 is 1.46 bits per heavy atom. The van der Waals surface area contributed by atoms with Crippen LogP contribution in [0.2, 0.25) is 0 Å². The van der Waals surface area contributed by atoms with E-state index in [-0.39, 0.29) is 18.6 Å². The summed E-state index contributed by atoms with van der Waals surface area (Å²) in [5.41, 5.74) is 1.48. The second kappa shape index (κ2) is 7.68. The topological polar surface area (TPSA) is 60.0 Å². The minimum atomic E-state index is -0.112. The van der Waals surface area contributed by atoms with Gasteiger partial charge in [0.05, 0.1) is 24.9 Å². The van der Waals surface area contributed by atoms with Crippen LogP contribution in [-0.2, 0) is 9.53 Å². The normalized spacial score (nSPS) is 20.6. The van der Waals surface area contributed by atoms with Crippen LogP contribution < -0.4 is 14.8 Å². The molecule has 1 fully saturated rings. The molecule has 6 nitrogen and oxygen atoms in total. The number of fused-ring (bicyclic) bond motifs is 1. The van der Waals surface area contributed by atoms with Gasteiger partial charge in [-0.05, 0) is 26.1 Å². The molecule has 0 radical (unpaired) electrons. The lowest BCUT2D eigenvalue weighted by molar-refractivity contribution is -0.118. The Morgan fingerprint density at radius 2 is 2.33 bits per heavy atom. The van der Waals surface area contributed by atoms with Crippen LogP contribution in [0.1, 0.15) is 12.5 Å². The number of carbonyl (C=O) groups is 1. The van der Waals surface area contributed by atoms with Crippen LogP contribution in [0.25, 0.3) is 6.08 Å². The summed E-state index contributed by atoms with van der Waals surface area (Å²) in [6.45, 7) is 5.73. The molecule has 3 rings (SSSR count). The predicted octanol–water partition coefficient (Wildman–Crippen LogP) is 1.31. The zero-order valence-corrected chi connectivity index (χ0v) is 14.2. The van der Waals surface area contributed by atoms with E-state index in [1.54, 1.807) is 0 Å². The molecule has 0 unspecified atom stereocenters. The fourth-order valence-corrected chi connectivity index (χ4v) is 2.89. The molecule has 0 spiro atoms. The number of carbonyl (C=O) groups excluding carboxylic acids is 1. The van der Waals surface area contributed by atoms with E-state index in [1.165, 1.54) is 0 Å². The number of nitrogens with one attached hydrogen (secondary N) is 1. The number of hydrogen-bond donors (Lipinski definition) is 1. The van der Waals surface area contributed by atoms with E-state index in [4.69, 9.17) is 14.2 Å². The van der Waals surface area contributed by atoms with Crippen molar-refractivity contribution in [2.45, 2.75) is 13.0 Å². The maximum Gasteiger partial charge on any atom is 0.250 e. The van der Waals surface area contributed by atoms with Gasteiger partial charge in [-0.1, -0.05) is 12.1 Å². The number of likely N-dealkylation sites (N-methyl/N-ethyl adjacent to an activating group) is 1. The molecule has 2 aliphatic heterocycles. The van der Waals surface area contributed by atoms with Crippen LogP contribution >= 0.6 is 0 Å². The van der Waals surface area contributed by atoms with Crippen LogP contribution in [0, 0.1) is 0 Å². The van der Waals surface area contributed by atoms with Crippen LogP contribution in [-0.4, -0.2) is 63.4 Å². The average Bonchev–Trinajstić information content (AvgIpc) is 2.60. The van der Waals surface area contributed by atoms with Gasteiger partial charge in [0.1, 0.15) is 6.61 Å². The fourth-order valence-electron chi connectivity index (χ4n) is 2.89. The lowest BCUT2D eigenvalue weighted by Crippen LogP contribution is -2.46. The van der Waals surface area contributed by atoms with Gasteiger partial charge in [-0.15, -0.1) is 0 Å². The number of nitrogens with zero attached hydrogens (tertiary/aromatic N) is 1. The van der Waals surface area contributed by atoms with Gasteiger partial charge in [-0.2, -0.15) is 0 Å². The monoisotopic (exact) mass is 332 g/mol. The Morgan fingerprint density at radius 3 is 3.12 bits per heavy atom. The number of rotatable bonds is 5. The first-order valence-electron chi connectivity index (χ1n) is 8.35. The molecule has 1 amide bonds. The minimum absolute atomic E-state index is 0.0367. The maximum absolute atomic E-state index is 12.4. The second-order valence-corrected chi connectivity index (χ2v) is 6.03. The van der Waals surface area contributed by atoms with Crippen LogP contribution in [0.3, 0.4) is 0 Å². The van der Waals surface area contributed by atoms with Crippen molar-refractivity contribution < 1.29 is 19.0 Å². The number of ether oxygens (including phenoxy) is 3. The summed E-state index contributed by atoms with van der Waals surface area (Å²) in [6, 6.07) is 5.69. The second-order valence-electron chi connectivity index (χ2n) is 6.03. The van der Waals surface area contributed by atoms with Gasteiger partial charge in [0.15, 0.2) is 11.5 Å². The Labute approximate surface area is 142 Å². The molecule has 0 saturated carbocycles. The molecule has 1 saturated heterocycles. The summed E-state index contributed by atoms with van der Waals surface area (Å²) in [5, 5.41) is 2.94. The quantitative estimate of drug-likeness (QED) is 0.881. The standard InChI is InChI=1S/C18H24N2O4/c1-3-22-16-6-4-5-13-9-14(12-24-17(13)16)18(21)19-10-15-11-20(2)7-8-23-15/h4-6,9,15H,3,7-8,10-12H2,1-2H3,(H,19,21)/t15-/m0/s1. The highest BCUT2D eigenvalue weighted by Gasteiger charge is 2.22. The highest BCUT2D eigenvalue weighted by molar-refractivity contribution is 5.99. The number of morpholine rings is 1. The van der Waals surface area contributed by atoms with Crippen LogP contribution in [0.15, 0.2) is 23.8 Å². The largest absolute Gasteiger partial charge is 0.490 e. The van der Waals surface area contributed by atoms with Gasteiger partial charge in [-0.3, -0.25) is 4.79 Å². The van der Waals surface area contributed by atoms with E-state index >= 15 is 0 Å². The summed E-state index contributed by atoms with van der Waals surface area (Å²) in [5.74, 6) is 1.30. The number of amides is 1. The molecule has 1 aromatic rings. The highest BCUT2D eigenvalue weighted by atomic mass is 16.5. The fraction of sp³-hybridized carbons (Fsp3) is 0.500. The third kappa shape index (κ3) is 3.88. The summed E-state index contributed by atoms with van der Waals surface area (Å²) in [6.07, 6.45) is 1.90. The van der Waals surface area contributed by atoms with E-state index in [0.717, 1.165) is 18.7 Å². The molecular weight excluding hydrogens is 308 g/mol. The van der Waals surface area contributed by atoms with E-state index in [2.05, 4.69) is 17.3 Å². The van der Waals surface area contributed by atoms with E-state index in [9.17, 15) is 4.79 Å². The lowest BCUT2D eigenvalue weighted by Gasteiger charge is -2.30. The molecule has 130 valence electrons. The third-order valence-electron chi connectivity index (χ3n) is 4.13. The van der Waals surface area contributed by atoms with Crippen LogP contribution in [0.4, 0.5) is 0 Å². The molecule has 0 bridgehead atoms. The summed E-state index contributed by atoms with van der Waals surface area (Å²) in [4.78, 5) is 14.6. The van der Waals surface area contributed by atoms with Crippen molar-refractivity contribution in [2.75, 3.05) is 46.5 Å². The van der Waals surface area contributed by atoms with Crippen molar-refractivity contribution in [1.29, 1.82) is 0 Å². The lowest BCUT2D eigenvalue weighted by atomic mass is 10.1. The van der Waals surface area contributed by atoms with Crippen molar-refractivity contribution in [3.63, 3.8) is 0 Å². The number of benzene rings is 1. The van der Waals surface area contributed by atoms with Crippen molar-refractivity contribution >= 4 is 12.0 Å². The average molecular weight is 332 g/mol. The molecule has 2 aliphatic rings. The Balaban J connectivity index is 1.63. The van der Waals surface area contributed by atoms with Crippen molar-refractivity contribution in [2.24, 2.45) is 0 Å². The summed E-state index contributed by atoms with van der Waals surface area (Å²) in [7, 11) is 2.06. The van der Waals surface area contributed by atoms with Gasteiger partial charge in [0.25, 0.3) is 5.91 Å². The van der Waals surface area contributed by atoms with Gasteiger partial charge in [0, 0.05) is 25.2 Å². The number of para-hydroxylation sites is 1. The van der Waals surface area contributed by atoms with E-state index in [1.807, 2.05) is 31.2 Å². The van der Waals surface area contributed by atoms with Crippen molar-refractivity contribution in [3.8, 4) is 11.5 Å². The molecule has 0 aliphatic carbocycles. The zero-order valence-electron chi connectivity index (χ0n) is 14.2. The highest BCUT2D eigenvalue weighted by Crippen LogP contribution is 2.35. The van der Waals surface area contributed by atoms with Gasteiger partial charge in [-0.25, -0.2) is 0 Å². The molecule has 24 heavy (non-hydrogen) atoms. The molecule has 2 heterocycles. The molecule has 0 aromatic heterocycles. The first kappa shape index (κ1) is 16.8. The van der Waals surface area contributed by atoms with Gasteiger partial charge >= 0.3 is 0 Å². The van der Waals surface area contributed by atoms with E-state index < -0.39 is 0 Å². The van der Waals surface area contributed by atoms with Gasteiger partial charge < -0.3 is 24.4 Å². The minimum Gasteiger partial charge on any atom is -0.490 e. The van der Waals surface area contributed by atoms with Crippen LogP contribution in [0.5, 0.6) is 11.5 Å². The van der Waals surface area contributed by atoms with Crippen molar-refractivity contribution in [1.82, 2.24) is 10.2 Å². The third-order valence-corrected chi connectivity index (χ3v) is 4.13. The molecule has 1 atom stereocenters.